The fraction of sp³-hybridized carbons (Fsp3) is 0.273. The summed E-state index contributed by atoms with van der Waals surface area (Å²) in [5.74, 6) is -0.222. The number of benzene rings is 1. The monoisotopic (exact) mass is 467 g/mol. The average Bonchev–Trinajstić information content (AvgIpc) is 2.72. The van der Waals surface area contributed by atoms with Crippen LogP contribution in [-0.2, 0) is 23.8 Å². The number of carboxylic acid groups (broad SMARTS) is 1. The zero-order chi connectivity index (χ0) is 23.7. The molecule has 2 aromatic heterocycles. The van der Waals surface area contributed by atoms with E-state index in [1.54, 1.807) is 12.3 Å². The van der Waals surface area contributed by atoms with Crippen LogP contribution in [0.15, 0.2) is 48.9 Å². The molecule has 0 bridgehead atoms. The van der Waals surface area contributed by atoms with Crippen molar-refractivity contribution < 1.29 is 27.8 Å². The van der Waals surface area contributed by atoms with Gasteiger partial charge in [0.2, 0.25) is 5.88 Å². The number of aryl methyl sites for hydroxylation is 3. The van der Waals surface area contributed by atoms with Crippen LogP contribution in [0.1, 0.15) is 35.9 Å². The molecule has 0 saturated carbocycles. The minimum atomic E-state index is -4.37. The molecule has 10 heteroatoms. The highest BCUT2D eigenvalue weighted by Crippen LogP contribution is 2.31. The second kappa shape index (κ2) is 11.4. The van der Waals surface area contributed by atoms with E-state index in [9.17, 15) is 13.2 Å². The van der Waals surface area contributed by atoms with E-state index < -0.39 is 17.7 Å². The Kier molecular flexibility index (Phi) is 8.95. The molecule has 3 aromatic rings. The summed E-state index contributed by atoms with van der Waals surface area (Å²) in [4.78, 5) is 21.5. The van der Waals surface area contributed by atoms with Crippen LogP contribution in [0, 0.1) is 6.92 Å². The van der Waals surface area contributed by atoms with Gasteiger partial charge in [-0.1, -0.05) is 17.7 Å². The number of hydrogen-bond donors (Lipinski definition) is 1. The minimum Gasteiger partial charge on any atom is -0.481 e. The van der Waals surface area contributed by atoms with Crippen molar-refractivity contribution in [3.8, 4) is 11.6 Å². The average molecular weight is 468 g/mol. The third kappa shape index (κ3) is 8.14. The summed E-state index contributed by atoms with van der Waals surface area (Å²) in [5, 5.41) is 8.01. The fourth-order valence-electron chi connectivity index (χ4n) is 2.59. The first-order valence-corrected chi connectivity index (χ1v) is 9.89. The Morgan fingerprint density at radius 2 is 1.72 bits per heavy atom. The molecule has 3 rings (SSSR count). The predicted molar refractivity (Wildman–Crippen MR) is 113 cm³/mol. The van der Waals surface area contributed by atoms with Gasteiger partial charge in [0.15, 0.2) is 0 Å². The summed E-state index contributed by atoms with van der Waals surface area (Å²) in [6.45, 7) is 2.92. The number of hydrogen-bond acceptors (Lipinski definition) is 5. The van der Waals surface area contributed by atoms with Gasteiger partial charge in [0.1, 0.15) is 12.1 Å². The first-order chi connectivity index (χ1) is 15.1. The molecule has 0 aliphatic heterocycles. The lowest BCUT2D eigenvalue weighted by molar-refractivity contribution is -0.137. The molecule has 32 heavy (non-hydrogen) atoms. The van der Waals surface area contributed by atoms with Crippen molar-refractivity contribution in [3.63, 3.8) is 0 Å². The Labute approximate surface area is 188 Å². The zero-order valence-electron chi connectivity index (χ0n) is 17.4. The number of ether oxygens (including phenoxy) is 1. The van der Waals surface area contributed by atoms with Crippen molar-refractivity contribution >= 4 is 17.6 Å². The lowest BCUT2D eigenvalue weighted by Gasteiger charge is -2.09. The highest BCUT2D eigenvalue weighted by molar-refractivity contribution is 6.31. The van der Waals surface area contributed by atoms with Crippen LogP contribution in [0.3, 0.4) is 0 Å². The topological polar surface area (TPSA) is 85.2 Å². The number of carboxylic acids is 1. The number of aromatic nitrogens is 3. The number of rotatable bonds is 6. The quantitative estimate of drug-likeness (QED) is 0.485. The summed E-state index contributed by atoms with van der Waals surface area (Å²) in [5.41, 5.74) is 1.88. The third-order valence-corrected chi connectivity index (χ3v) is 4.61. The van der Waals surface area contributed by atoms with Crippen LogP contribution in [0.2, 0.25) is 5.02 Å². The molecule has 1 aromatic carbocycles. The molecule has 2 heterocycles. The molecule has 0 radical (unpaired) electrons. The van der Waals surface area contributed by atoms with E-state index in [-0.39, 0.29) is 0 Å². The molecule has 0 amide bonds. The number of nitrogens with zero attached hydrogens (tertiary/aromatic N) is 3. The third-order valence-electron chi connectivity index (χ3n) is 4.12. The van der Waals surface area contributed by atoms with Gasteiger partial charge in [-0.05, 0) is 56.0 Å². The van der Waals surface area contributed by atoms with E-state index in [2.05, 4.69) is 15.0 Å². The lowest BCUT2D eigenvalue weighted by Crippen LogP contribution is -2.04. The van der Waals surface area contributed by atoms with E-state index in [0.717, 1.165) is 55.3 Å². The van der Waals surface area contributed by atoms with Gasteiger partial charge >= 0.3 is 6.18 Å². The highest BCUT2D eigenvalue weighted by atomic mass is 35.5. The first kappa shape index (κ1) is 25.1. The van der Waals surface area contributed by atoms with Gasteiger partial charge in [0.25, 0.3) is 5.97 Å². The SMILES string of the molecule is CC(=O)O.Cc1ncnc(CCCc2ccc(Oc3ccc(C(F)(F)F)cc3)nc2)c1Cl. The molecule has 0 atom stereocenters. The summed E-state index contributed by atoms with van der Waals surface area (Å²) in [7, 11) is 0. The summed E-state index contributed by atoms with van der Waals surface area (Å²) >= 11 is 6.19. The van der Waals surface area contributed by atoms with Crippen molar-refractivity contribution in [1.29, 1.82) is 0 Å². The summed E-state index contributed by atoms with van der Waals surface area (Å²) in [6, 6.07) is 8.05. The smallest absolute Gasteiger partial charge is 0.416 e. The van der Waals surface area contributed by atoms with Gasteiger partial charge in [-0.2, -0.15) is 13.2 Å². The van der Waals surface area contributed by atoms with Crippen molar-refractivity contribution in [2.75, 3.05) is 0 Å². The molecule has 6 nitrogen and oxygen atoms in total. The number of halogens is 4. The van der Waals surface area contributed by atoms with Gasteiger partial charge in [0, 0.05) is 19.2 Å². The zero-order valence-corrected chi connectivity index (χ0v) is 18.1. The molecular formula is C22H21ClF3N3O3. The van der Waals surface area contributed by atoms with E-state index in [1.807, 2.05) is 13.0 Å². The van der Waals surface area contributed by atoms with E-state index in [4.69, 9.17) is 26.2 Å². The van der Waals surface area contributed by atoms with Crippen LogP contribution in [0.4, 0.5) is 13.2 Å². The Morgan fingerprint density at radius 3 is 2.28 bits per heavy atom. The molecule has 0 aliphatic rings. The number of alkyl halides is 3. The van der Waals surface area contributed by atoms with Gasteiger partial charge < -0.3 is 9.84 Å². The first-order valence-electron chi connectivity index (χ1n) is 9.52. The van der Waals surface area contributed by atoms with Gasteiger partial charge in [0.05, 0.1) is 22.0 Å². The summed E-state index contributed by atoms with van der Waals surface area (Å²) < 4.78 is 43.2. The van der Waals surface area contributed by atoms with Crippen LogP contribution in [0.5, 0.6) is 11.6 Å². The van der Waals surface area contributed by atoms with E-state index in [1.165, 1.54) is 18.5 Å². The van der Waals surface area contributed by atoms with Crippen LogP contribution < -0.4 is 4.74 Å². The molecule has 0 fully saturated rings. The minimum absolute atomic E-state index is 0.294. The molecule has 0 aliphatic carbocycles. The Morgan fingerprint density at radius 1 is 1.06 bits per heavy atom. The molecule has 1 N–H and O–H groups in total. The largest absolute Gasteiger partial charge is 0.481 e. The van der Waals surface area contributed by atoms with Crippen LogP contribution in [0.25, 0.3) is 0 Å². The lowest BCUT2D eigenvalue weighted by atomic mass is 10.1. The van der Waals surface area contributed by atoms with Crippen molar-refractivity contribution in [2.24, 2.45) is 0 Å². The summed E-state index contributed by atoms with van der Waals surface area (Å²) in [6.07, 6.45) is 1.18. The maximum absolute atomic E-state index is 12.6. The van der Waals surface area contributed by atoms with Crippen molar-refractivity contribution in [2.45, 2.75) is 39.3 Å². The molecule has 170 valence electrons. The molecule has 0 unspecified atom stereocenters. The standard InChI is InChI=1S/C20H17ClF3N3O.C2H4O2/c1-13-19(21)17(27-12-26-13)4-2-3-14-5-10-18(25-11-14)28-16-8-6-15(7-9-16)20(22,23)24;1-2(3)4/h5-12H,2-4H2,1H3;1H3,(H,3,4). The molecule has 0 saturated heterocycles. The Bertz CT molecular complexity index is 1020. The maximum atomic E-state index is 12.6. The fourth-order valence-corrected chi connectivity index (χ4v) is 2.79. The second-order valence-electron chi connectivity index (χ2n) is 6.72. The maximum Gasteiger partial charge on any atom is 0.416 e. The van der Waals surface area contributed by atoms with Gasteiger partial charge in [-0.25, -0.2) is 15.0 Å². The molecular weight excluding hydrogens is 447 g/mol. The number of pyridine rings is 1. The van der Waals surface area contributed by atoms with Crippen LogP contribution in [-0.4, -0.2) is 26.0 Å². The van der Waals surface area contributed by atoms with E-state index >= 15 is 0 Å². The van der Waals surface area contributed by atoms with Gasteiger partial charge in [-0.3, -0.25) is 4.79 Å². The van der Waals surface area contributed by atoms with Crippen molar-refractivity contribution in [3.05, 3.63) is 76.5 Å². The predicted octanol–water partition coefficient (Wildman–Crippen LogP) is 5.91. The molecule has 0 spiro atoms. The van der Waals surface area contributed by atoms with E-state index in [0.29, 0.717) is 16.7 Å². The number of aliphatic carboxylic acids is 1. The Hall–Kier alpha value is -3.20. The van der Waals surface area contributed by atoms with Crippen LogP contribution >= 0.6 is 11.6 Å². The van der Waals surface area contributed by atoms with Crippen molar-refractivity contribution in [1.82, 2.24) is 15.0 Å². The number of carbonyl (C=O) groups is 1. The Balaban J connectivity index is 0.000000837. The van der Waals surface area contributed by atoms with Gasteiger partial charge in [-0.15, -0.1) is 0 Å². The second-order valence-corrected chi connectivity index (χ2v) is 7.10. The highest BCUT2D eigenvalue weighted by Gasteiger charge is 2.30. The normalized spacial score (nSPS) is 10.8.